The van der Waals surface area contributed by atoms with Crippen LogP contribution in [0.25, 0.3) is 10.8 Å². The largest absolute Gasteiger partial charge is 0.302 e. The summed E-state index contributed by atoms with van der Waals surface area (Å²) in [4.78, 5) is 2.65. The molecule has 0 aromatic heterocycles. The Morgan fingerprint density at radius 2 is 1.91 bits per heavy atom. The predicted molar refractivity (Wildman–Crippen MR) is 92.2 cm³/mol. The van der Waals surface area contributed by atoms with E-state index >= 15 is 0 Å². The van der Waals surface area contributed by atoms with Gasteiger partial charge in [0.25, 0.3) is 0 Å². The monoisotopic (exact) mass is 350 g/mol. The van der Waals surface area contributed by atoms with Gasteiger partial charge in [0.05, 0.1) is 4.90 Å². The van der Waals surface area contributed by atoms with Crippen molar-refractivity contribution >= 4 is 32.4 Å². The number of hydrogen-bond acceptors (Lipinski definition) is 3. The molecule has 0 saturated carbocycles. The zero-order chi connectivity index (χ0) is 16.0. The number of hydrogen-bond donors (Lipinski definition) is 1. The van der Waals surface area contributed by atoms with E-state index in [0.717, 1.165) is 43.2 Å². The van der Waals surface area contributed by atoms with Crippen LogP contribution in [0.4, 0.5) is 0 Å². The van der Waals surface area contributed by atoms with Gasteiger partial charge in [-0.15, -0.1) is 0 Å². The summed E-state index contributed by atoms with van der Waals surface area (Å²) in [5.74, 6) is 0.463. The quantitative estimate of drug-likeness (QED) is 0.926. The van der Waals surface area contributed by atoms with Crippen LogP contribution in [0.15, 0.2) is 41.3 Å². The molecule has 3 aliphatic heterocycles. The second-order valence-corrected chi connectivity index (χ2v) is 8.61. The first-order valence-electron chi connectivity index (χ1n) is 7.96. The van der Waals surface area contributed by atoms with Crippen LogP contribution in [-0.2, 0) is 10.0 Å². The summed E-state index contributed by atoms with van der Waals surface area (Å²) < 4.78 is 28.4. The number of halogens is 1. The van der Waals surface area contributed by atoms with E-state index in [0.29, 0.717) is 15.8 Å². The molecule has 2 aromatic rings. The lowest BCUT2D eigenvalue weighted by molar-refractivity contribution is 0.0827. The molecule has 23 heavy (non-hydrogen) atoms. The maximum Gasteiger partial charge on any atom is 0.240 e. The Bertz CT molecular complexity index is 845. The molecule has 122 valence electrons. The summed E-state index contributed by atoms with van der Waals surface area (Å²) in [5.41, 5.74) is 0. The highest BCUT2D eigenvalue weighted by Crippen LogP contribution is 2.30. The van der Waals surface area contributed by atoms with E-state index < -0.39 is 10.0 Å². The lowest BCUT2D eigenvalue weighted by atomic mass is 9.85. The lowest BCUT2D eigenvalue weighted by Crippen LogP contribution is -2.57. The van der Waals surface area contributed by atoms with Crippen LogP contribution < -0.4 is 4.72 Å². The molecule has 1 unspecified atom stereocenters. The molecule has 0 radical (unpaired) electrons. The van der Waals surface area contributed by atoms with E-state index in [1.807, 2.05) is 18.2 Å². The van der Waals surface area contributed by atoms with Gasteiger partial charge in [-0.05, 0) is 55.4 Å². The standard InChI is InChI=1S/C17H19ClN2O2S/c18-16-3-1-2-13-10-14(4-5-15(13)16)23(21,22)19-17-11-20-8-6-12(17)7-9-20/h1-5,10,12,17,19H,6-9,11H2. The fourth-order valence-electron chi connectivity index (χ4n) is 3.76. The summed E-state index contributed by atoms with van der Waals surface area (Å²) in [7, 11) is -3.51. The molecule has 1 atom stereocenters. The van der Waals surface area contributed by atoms with Gasteiger partial charge in [-0.25, -0.2) is 13.1 Å². The van der Waals surface area contributed by atoms with Crippen molar-refractivity contribution in [1.29, 1.82) is 0 Å². The number of nitrogens with zero attached hydrogens (tertiary/aromatic N) is 1. The van der Waals surface area contributed by atoms with E-state index in [9.17, 15) is 8.42 Å². The molecular weight excluding hydrogens is 332 g/mol. The molecule has 2 bridgehead atoms. The van der Waals surface area contributed by atoms with Crippen molar-refractivity contribution in [3.63, 3.8) is 0 Å². The van der Waals surface area contributed by atoms with E-state index in [4.69, 9.17) is 11.6 Å². The van der Waals surface area contributed by atoms with Crippen molar-refractivity contribution in [2.75, 3.05) is 19.6 Å². The minimum Gasteiger partial charge on any atom is -0.302 e. The van der Waals surface area contributed by atoms with Gasteiger partial charge in [0.1, 0.15) is 0 Å². The Balaban J connectivity index is 1.63. The van der Waals surface area contributed by atoms with Gasteiger partial charge >= 0.3 is 0 Å². The van der Waals surface area contributed by atoms with E-state index in [1.165, 1.54) is 0 Å². The number of fused-ring (bicyclic) bond motifs is 4. The van der Waals surface area contributed by atoms with E-state index in [1.54, 1.807) is 18.2 Å². The van der Waals surface area contributed by atoms with Crippen molar-refractivity contribution in [2.45, 2.75) is 23.8 Å². The molecule has 0 aliphatic carbocycles. The third kappa shape index (κ3) is 2.87. The maximum absolute atomic E-state index is 12.7. The number of nitrogens with one attached hydrogen (secondary N) is 1. The topological polar surface area (TPSA) is 49.4 Å². The van der Waals surface area contributed by atoms with Crippen molar-refractivity contribution in [1.82, 2.24) is 9.62 Å². The highest BCUT2D eigenvalue weighted by molar-refractivity contribution is 7.89. The van der Waals surface area contributed by atoms with Crippen LogP contribution in [-0.4, -0.2) is 39.0 Å². The first kappa shape index (κ1) is 15.4. The number of rotatable bonds is 3. The van der Waals surface area contributed by atoms with Gasteiger partial charge in [-0.2, -0.15) is 0 Å². The van der Waals surface area contributed by atoms with Gasteiger partial charge < -0.3 is 4.90 Å². The Morgan fingerprint density at radius 1 is 1.13 bits per heavy atom. The normalized spacial score (nSPS) is 27.4. The number of piperidine rings is 3. The fraction of sp³-hybridized carbons (Fsp3) is 0.412. The van der Waals surface area contributed by atoms with E-state index in [-0.39, 0.29) is 6.04 Å². The lowest BCUT2D eigenvalue weighted by Gasteiger charge is -2.44. The molecule has 1 N–H and O–H groups in total. The average molecular weight is 351 g/mol. The van der Waals surface area contributed by atoms with Gasteiger partial charge in [0.15, 0.2) is 0 Å². The smallest absolute Gasteiger partial charge is 0.240 e. The minimum absolute atomic E-state index is 0.0255. The molecule has 6 heteroatoms. The molecule has 3 aliphatic rings. The third-order valence-corrected chi connectivity index (χ3v) is 6.89. The van der Waals surface area contributed by atoms with Crippen molar-refractivity contribution in [3.8, 4) is 0 Å². The maximum atomic E-state index is 12.7. The summed E-state index contributed by atoms with van der Waals surface area (Å²) in [5, 5.41) is 2.35. The molecule has 3 saturated heterocycles. The van der Waals surface area contributed by atoms with Gasteiger partial charge in [0, 0.05) is 23.0 Å². The molecule has 2 aromatic carbocycles. The Hall–Kier alpha value is -1.14. The SMILES string of the molecule is O=S(=O)(NC1CN2CCC1CC2)c1ccc2c(Cl)cccc2c1. The van der Waals surface area contributed by atoms with Gasteiger partial charge in [-0.1, -0.05) is 29.8 Å². The fourth-order valence-corrected chi connectivity index (χ4v) is 5.33. The van der Waals surface area contributed by atoms with Gasteiger partial charge in [0.2, 0.25) is 10.0 Å². The van der Waals surface area contributed by atoms with Crippen LogP contribution >= 0.6 is 11.6 Å². The molecular formula is C17H19ClN2O2S. The zero-order valence-electron chi connectivity index (χ0n) is 12.7. The molecule has 0 spiro atoms. The first-order valence-corrected chi connectivity index (χ1v) is 9.82. The highest BCUT2D eigenvalue weighted by atomic mass is 35.5. The Morgan fingerprint density at radius 3 is 2.61 bits per heavy atom. The van der Waals surface area contributed by atoms with Crippen molar-refractivity contribution < 1.29 is 8.42 Å². The number of sulfonamides is 1. The van der Waals surface area contributed by atoms with Crippen LogP contribution in [0, 0.1) is 5.92 Å². The van der Waals surface area contributed by atoms with Crippen LogP contribution in [0.2, 0.25) is 5.02 Å². The average Bonchev–Trinajstić information content (AvgIpc) is 2.55. The van der Waals surface area contributed by atoms with Gasteiger partial charge in [-0.3, -0.25) is 0 Å². The summed E-state index contributed by atoms with van der Waals surface area (Å²) >= 11 is 6.15. The molecule has 3 heterocycles. The Kier molecular flexibility index (Phi) is 3.84. The van der Waals surface area contributed by atoms with Crippen LogP contribution in [0.3, 0.4) is 0 Å². The first-order chi connectivity index (χ1) is 11.0. The minimum atomic E-state index is -3.51. The van der Waals surface area contributed by atoms with Crippen LogP contribution in [0.5, 0.6) is 0 Å². The summed E-state index contributed by atoms with van der Waals surface area (Å²) in [6.07, 6.45) is 2.17. The van der Waals surface area contributed by atoms with Crippen LogP contribution in [0.1, 0.15) is 12.8 Å². The molecule has 0 amide bonds. The zero-order valence-corrected chi connectivity index (χ0v) is 14.3. The third-order valence-electron chi connectivity index (χ3n) is 5.07. The Labute approximate surface area is 141 Å². The second-order valence-electron chi connectivity index (χ2n) is 6.49. The number of benzene rings is 2. The predicted octanol–water partition coefficient (Wildman–Crippen LogP) is 2.87. The molecule has 5 rings (SSSR count). The summed E-state index contributed by atoms with van der Waals surface area (Å²) in [6.45, 7) is 3.01. The summed E-state index contributed by atoms with van der Waals surface area (Å²) in [6, 6.07) is 10.7. The molecule has 3 fully saturated rings. The van der Waals surface area contributed by atoms with Crippen molar-refractivity contribution in [3.05, 3.63) is 41.4 Å². The highest BCUT2D eigenvalue weighted by Gasteiger charge is 2.36. The van der Waals surface area contributed by atoms with E-state index in [2.05, 4.69) is 9.62 Å². The second kappa shape index (κ2) is 5.74. The molecule has 4 nitrogen and oxygen atoms in total. The van der Waals surface area contributed by atoms with Crippen molar-refractivity contribution in [2.24, 2.45) is 5.92 Å².